The van der Waals surface area contributed by atoms with Crippen LogP contribution >= 0.6 is 0 Å². The molecule has 0 saturated heterocycles. The highest BCUT2D eigenvalue weighted by molar-refractivity contribution is 4.46. The third-order valence-corrected chi connectivity index (χ3v) is 3.50. The molecule has 0 rings (SSSR count). The van der Waals surface area contributed by atoms with Crippen molar-refractivity contribution in [2.45, 2.75) is 71.0 Å². The van der Waals surface area contributed by atoms with Crippen molar-refractivity contribution in [2.24, 2.45) is 0 Å². The molecule has 0 aliphatic carbocycles. The van der Waals surface area contributed by atoms with Crippen LogP contribution in [0.25, 0.3) is 0 Å². The summed E-state index contributed by atoms with van der Waals surface area (Å²) in [4.78, 5) is 0. The van der Waals surface area contributed by atoms with E-state index in [1.807, 2.05) is 0 Å². The fourth-order valence-corrected chi connectivity index (χ4v) is 2.11. The Labute approximate surface area is 131 Å². The summed E-state index contributed by atoms with van der Waals surface area (Å²) in [7, 11) is 3.23. The summed E-state index contributed by atoms with van der Waals surface area (Å²) in [5.41, 5.74) is 0. The summed E-state index contributed by atoms with van der Waals surface area (Å²) >= 11 is 0. The van der Waals surface area contributed by atoms with Gasteiger partial charge >= 0.3 is 0 Å². The summed E-state index contributed by atoms with van der Waals surface area (Å²) in [6.45, 7) is 5.09. The van der Waals surface area contributed by atoms with Gasteiger partial charge < -0.3 is 18.9 Å². The number of rotatable bonds is 17. The molecule has 0 spiro atoms. The van der Waals surface area contributed by atoms with Gasteiger partial charge in [0.1, 0.15) is 0 Å². The monoisotopic (exact) mass is 304 g/mol. The van der Waals surface area contributed by atoms with Gasteiger partial charge in [-0.1, -0.05) is 51.9 Å². The van der Waals surface area contributed by atoms with E-state index in [9.17, 15) is 0 Å². The summed E-state index contributed by atoms with van der Waals surface area (Å²) in [6, 6.07) is 0. The molecule has 0 aliphatic heterocycles. The Balaban J connectivity index is 3.02. The Morgan fingerprint density at radius 2 is 1.14 bits per heavy atom. The molecular formula is C17H36O4. The second-order valence-electron chi connectivity index (χ2n) is 5.42. The van der Waals surface area contributed by atoms with Gasteiger partial charge in [0.2, 0.25) is 0 Å². The molecule has 0 unspecified atom stereocenters. The van der Waals surface area contributed by atoms with Gasteiger partial charge in [0.25, 0.3) is 0 Å². The summed E-state index contributed by atoms with van der Waals surface area (Å²) < 4.78 is 21.1. The third kappa shape index (κ3) is 16.0. The van der Waals surface area contributed by atoms with Crippen molar-refractivity contribution in [3.05, 3.63) is 0 Å². The number of methoxy groups -OCH3 is 2. The molecule has 0 bridgehead atoms. The smallest absolute Gasteiger partial charge is 0.180 e. The Morgan fingerprint density at radius 3 is 1.76 bits per heavy atom. The minimum absolute atomic E-state index is 0.261. The highest BCUT2D eigenvalue weighted by Crippen LogP contribution is 2.08. The zero-order chi connectivity index (χ0) is 15.6. The van der Waals surface area contributed by atoms with Crippen LogP contribution in [-0.2, 0) is 18.9 Å². The van der Waals surface area contributed by atoms with E-state index in [0.717, 1.165) is 19.6 Å². The molecule has 4 heteroatoms. The molecule has 0 fully saturated rings. The molecule has 0 atom stereocenters. The van der Waals surface area contributed by atoms with Gasteiger partial charge in [0, 0.05) is 34.0 Å². The number of unbranched alkanes of at least 4 members (excludes halogenated alkanes) is 7. The first-order valence-corrected chi connectivity index (χ1v) is 8.56. The fraction of sp³-hybridized carbons (Fsp3) is 1.00. The van der Waals surface area contributed by atoms with Gasteiger partial charge in [-0.3, -0.25) is 0 Å². The molecule has 0 saturated carbocycles. The average Bonchev–Trinajstić information content (AvgIpc) is 2.51. The molecule has 128 valence electrons. The van der Waals surface area contributed by atoms with Crippen molar-refractivity contribution < 1.29 is 18.9 Å². The standard InChI is InChI=1S/C17H36O4/c1-4-5-6-7-8-9-10-11-13-20-14-12-15-21-16-17(18-2)19-3/h17H,4-16H2,1-3H3. The Bertz CT molecular complexity index is 184. The predicted molar refractivity (Wildman–Crippen MR) is 86.7 cm³/mol. The van der Waals surface area contributed by atoms with Crippen LogP contribution < -0.4 is 0 Å². The third-order valence-electron chi connectivity index (χ3n) is 3.50. The molecule has 21 heavy (non-hydrogen) atoms. The zero-order valence-electron chi connectivity index (χ0n) is 14.4. The number of hydrogen-bond acceptors (Lipinski definition) is 4. The van der Waals surface area contributed by atoms with Crippen LogP contribution in [0, 0.1) is 0 Å². The first kappa shape index (κ1) is 20.8. The van der Waals surface area contributed by atoms with Gasteiger partial charge in [-0.05, 0) is 12.8 Å². The van der Waals surface area contributed by atoms with Crippen molar-refractivity contribution in [3.63, 3.8) is 0 Å². The van der Waals surface area contributed by atoms with Gasteiger partial charge in [-0.25, -0.2) is 0 Å². The maximum absolute atomic E-state index is 5.60. The minimum atomic E-state index is -0.261. The lowest BCUT2D eigenvalue weighted by Gasteiger charge is -2.13. The molecule has 0 aromatic rings. The van der Waals surface area contributed by atoms with E-state index in [1.165, 1.54) is 51.4 Å². The molecule has 0 N–H and O–H groups in total. The van der Waals surface area contributed by atoms with E-state index in [-0.39, 0.29) is 6.29 Å². The highest BCUT2D eigenvalue weighted by Gasteiger charge is 2.03. The largest absolute Gasteiger partial charge is 0.381 e. The SMILES string of the molecule is CCCCCCCCCCOCCCOCC(OC)OC. The molecule has 0 aliphatic rings. The van der Waals surface area contributed by atoms with E-state index in [4.69, 9.17) is 18.9 Å². The van der Waals surface area contributed by atoms with Crippen LogP contribution in [0.15, 0.2) is 0 Å². The summed E-state index contributed by atoms with van der Waals surface area (Å²) in [6.07, 6.45) is 11.4. The van der Waals surface area contributed by atoms with Crippen molar-refractivity contribution in [1.82, 2.24) is 0 Å². The maximum atomic E-state index is 5.60. The van der Waals surface area contributed by atoms with Gasteiger partial charge in [-0.2, -0.15) is 0 Å². The number of hydrogen-bond donors (Lipinski definition) is 0. The first-order valence-electron chi connectivity index (χ1n) is 8.56. The normalized spacial score (nSPS) is 11.4. The quantitative estimate of drug-likeness (QED) is 0.298. The van der Waals surface area contributed by atoms with Crippen molar-refractivity contribution >= 4 is 0 Å². The van der Waals surface area contributed by atoms with Crippen molar-refractivity contribution in [2.75, 3.05) is 40.6 Å². The van der Waals surface area contributed by atoms with Crippen molar-refractivity contribution in [1.29, 1.82) is 0 Å². The second kappa shape index (κ2) is 17.9. The van der Waals surface area contributed by atoms with Gasteiger partial charge in [-0.15, -0.1) is 0 Å². The molecule has 0 aromatic carbocycles. The van der Waals surface area contributed by atoms with Crippen LogP contribution in [0.3, 0.4) is 0 Å². The lowest BCUT2D eigenvalue weighted by atomic mass is 10.1. The lowest BCUT2D eigenvalue weighted by molar-refractivity contribution is -0.141. The highest BCUT2D eigenvalue weighted by atomic mass is 16.7. The Kier molecular flexibility index (Phi) is 17.8. The molecule has 4 nitrogen and oxygen atoms in total. The Morgan fingerprint density at radius 1 is 0.619 bits per heavy atom. The molecule has 0 radical (unpaired) electrons. The molecule has 0 heterocycles. The first-order chi connectivity index (χ1) is 10.3. The topological polar surface area (TPSA) is 36.9 Å². The van der Waals surface area contributed by atoms with Gasteiger partial charge in [0.15, 0.2) is 6.29 Å². The van der Waals surface area contributed by atoms with E-state index in [1.54, 1.807) is 14.2 Å². The predicted octanol–water partition coefficient (Wildman–Crippen LogP) is 4.17. The van der Waals surface area contributed by atoms with E-state index < -0.39 is 0 Å². The number of ether oxygens (including phenoxy) is 4. The average molecular weight is 304 g/mol. The minimum Gasteiger partial charge on any atom is -0.381 e. The maximum Gasteiger partial charge on any atom is 0.180 e. The van der Waals surface area contributed by atoms with Crippen LogP contribution in [0.1, 0.15) is 64.7 Å². The van der Waals surface area contributed by atoms with Crippen LogP contribution in [0.2, 0.25) is 0 Å². The Hall–Kier alpha value is -0.160. The van der Waals surface area contributed by atoms with Crippen LogP contribution in [0.5, 0.6) is 0 Å². The molecule has 0 aromatic heterocycles. The fourth-order valence-electron chi connectivity index (χ4n) is 2.11. The van der Waals surface area contributed by atoms with Crippen LogP contribution in [0.4, 0.5) is 0 Å². The van der Waals surface area contributed by atoms with E-state index in [2.05, 4.69) is 6.92 Å². The van der Waals surface area contributed by atoms with E-state index in [0.29, 0.717) is 13.2 Å². The summed E-state index contributed by atoms with van der Waals surface area (Å²) in [5.74, 6) is 0. The lowest BCUT2D eigenvalue weighted by Crippen LogP contribution is -2.20. The second-order valence-corrected chi connectivity index (χ2v) is 5.42. The molecular weight excluding hydrogens is 268 g/mol. The van der Waals surface area contributed by atoms with E-state index >= 15 is 0 Å². The zero-order valence-corrected chi connectivity index (χ0v) is 14.4. The van der Waals surface area contributed by atoms with Crippen LogP contribution in [-0.4, -0.2) is 46.9 Å². The van der Waals surface area contributed by atoms with Gasteiger partial charge in [0.05, 0.1) is 6.61 Å². The molecule has 0 amide bonds. The van der Waals surface area contributed by atoms with Crippen molar-refractivity contribution in [3.8, 4) is 0 Å². The summed E-state index contributed by atoms with van der Waals surface area (Å²) in [5, 5.41) is 0.